The minimum absolute atomic E-state index is 0.171. The van der Waals surface area contributed by atoms with Crippen LogP contribution in [0.1, 0.15) is 54.6 Å². The number of hydrogen-bond donors (Lipinski definition) is 2. The zero-order chi connectivity index (χ0) is 20.9. The van der Waals surface area contributed by atoms with E-state index >= 15 is 0 Å². The highest BCUT2D eigenvalue weighted by Gasteiger charge is 2.23. The van der Waals surface area contributed by atoms with Crippen molar-refractivity contribution in [3.05, 3.63) is 71.0 Å². The number of fused-ring (bicyclic) bond motifs is 3. The van der Waals surface area contributed by atoms with Crippen LogP contribution in [0.4, 0.5) is 0 Å². The first-order chi connectivity index (χ1) is 14.7. The average molecular weight is 405 g/mol. The maximum Gasteiger partial charge on any atom is 0.306 e. The van der Waals surface area contributed by atoms with Crippen LogP contribution < -0.4 is 0 Å². The summed E-state index contributed by atoms with van der Waals surface area (Å²) in [7, 11) is 0. The number of rotatable bonds is 7. The quantitative estimate of drug-likeness (QED) is 0.232. The number of carboxylic acid groups (broad SMARTS) is 1. The molecule has 0 saturated heterocycles. The molecule has 0 aliphatic heterocycles. The van der Waals surface area contributed by atoms with E-state index in [2.05, 4.69) is 5.16 Å². The Bertz CT molecular complexity index is 1050. The van der Waals surface area contributed by atoms with Crippen LogP contribution in [0, 0.1) is 5.92 Å². The topological polar surface area (TPSA) is 83.0 Å². The van der Waals surface area contributed by atoms with Crippen molar-refractivity contribution < 1.29 is 19.5 Å². The van der Waals surface area contributed by atoms with Crippen LogP contribution in [0.5, 0.6) is 0 Å². The Labute approximate surface area is 176 Å². The molecule has 1 aromatic heterocycles. The van der Waals surface area contributed by atoms with Crippen LogP contribution in [0.15, 0.2) is 58.1 Å². The maximum absolute atomic E-state index is 11.8. The Kier molecular flexibility index (Phi) is 6.17. The molecule has 1 atom stereocenters. The summed E-state index contributed by atoms with van der Waals surface area (Å²) in [5, 5.41) is 23.9. The summed E-state index contributed by atoms with van der Waals surface area (Å²) in [6.07, 6.45) is 6.86. The van der Waals surface area contributed by atoms with Crippen molar-refractivity contribution in [2.24, 2.45) is 11.1 Å². The normalized spacial score (nSPS) is 15.5. The summed E-state index contributed by atoms with van der Waals surface area (Å²) >= 11 is 0. The Morgan fingerprint density at radius 2 is 1.87 bits per heavy atom. The van der Waals surface area contributed by atoms with Crippen molar-refractivity contribution in [3.63, 3.8) is 0 Å². The van der Waals surface area contributed by atoms with E-state index in [9.17, 15) is 15.1 Å². The molecule has 4 rings (SSSR count). The van der Waals surface area contributed by atoms with Crippen molar-refractivity contribution in [2.45, 2.75) is 51.4 Å². The molecule has 0 radical (unpaired) electrons. The van der Waals surface area contributed by atoms with Gasteiger partial charge in [-0.3, -0.25) is 4.79 Å². The van der Waals surface area contributed by atoms with Gasteiger partial charge in [0.15, 0.2) is 0 Å². The monoisotopic (exact) mass is 405 g/mol. The molecular formula is C25H27NO4. The molecule has 0 spiro atoms. The predicted octanol–water partition coefficient (Wildman–Crippen LogP) is 5.60. The van der Waals surface area contributed by atoms with Gasteiger partial charge in [0.1, 0.15) is 11.3 Å². The molecule has 2 N–H and O–H groups in total. The van der Waals surface area contributed by atoms with Crippen LogP contribution in [-0.2, 0) is 24.1 Å². The first-order valence-corrected chi connectivity index (χ1v) is 10.7. The molecule has 1 heterocycles. The molecular weight excluding hydrogens is 378 g/mol. The summed E-state index contributed by atoms with van der Waals surface area (Å²) in [4.78, 5) is 11.8. The fourth-order valence-corrected chi connectivity index (χ4v) is 4.37. The number of benzene rings is 2. The summed E-state index contributed by atoms with van der Waals surface area (Å²) in [6, 6.07) is 15.6. The first kappa shape index (κ1) is 20.2. The van der Waals surface area contributed by atoms with Gasteiger partial charge in [-0.1, -0.05) is 54.0 Å². The molecule has 1 aliphatic carbocycles. The van der Waals surface area contributed by atoms with Crippen LogP contribution in [0.2, 0.25) is 0 Å². The van der Waals surface area contributed by atoms with E-state index < -0.39 is 11.9 Å². The van der Waals surface area contributed by atoms with Crippen molar-refractivity contribution in [1.82, 2.24) is 0 Å². The van der Waals surface area contributed by atoms with Crippen LogP contribution >= 0.6 is 0 Å². The van der Waals surface area contributed by atoms with Crippen LogP contribution in [-0.4, -0.2) is 22.0 Å². The van der Waals surface area contributed by atoms with Crippen molar-refractivity contribution >= 4 is 22.7 Å². The summed E-state index contributed by atoms with van der Waals surface area (Å²) in [6.45, 7) is 0. The Morgan fingerprint density at radius 1 is 1.07 bits per heavy atom. The van der Waals surface area contributed by atoms with Crippen molar-refractivity contribution in [3.8, 4) is 0 Å². The van der Waals surface area contributed by atoms with Gasteiger partial charge in [-0.2, -0.15) is 0 Å². The van der Waals surface area contributed by atoms with E-state index in [1.54, 1.807) is 0 Å². The third-order valence-corrected chi connectivity index (χ3v) is 6.07. The third kappa shape index (κ3) is 4.40. The fraction of sp³-hybridized carbons (Fsp3) is 0.360. The highest BCUT2D eigenvalue weighted by atomic mass is 16.4. The maximum atomic E-state index is 11.8. The molecule has 0 saturated carbocycles. The van der Waals surface area contributed by atoms with E-state index in [1.165, 1.54) is 18.4 Å². The summed E-state index contributed by atoms with van der Waals surface area (Å²) in [5.74, 6) is -0.439. The van der Waals surface area contributed by atoms with Crippen LogP contribution in [0.3, 0.4) is 0 Å². The number of aliphatic carboxylic acids is 1. The number of carbonyl (C=O) groups is 1. The standard InChI is InChI=1S/C25H27NO4/c27-25(28)19(12-11-17-7-3-1-4-8-17)15-22(26-29)18-13-14-21-20-9-5-2-6-10-23(20)30-24(21)16-18/h1,3-4,7-8,13-14,16,19,29H,2,5-6,9-12,15H2,(H,27,28)/t19-/m0/s1. The van der Waals surface area contributed by atoms with Gasteiger partial charge in [0.25, 0.3) is 0 Å². The highest BCUT2D eigenvalue weighted by molar-refractivity contribution is 6.04. The number of aryl methyl sites for hydroxylation is 3. The van der Waals surface area contributed by atoms with Gasteiger partial charge in [-0.15, -0.1) is 0 Å². The predicted molar refractivity (Wildman–Crippen MR) is 116 cm³/mol. The minimum Gasteiger partial charge on any atom is -0.481 e. The molecule has 2 aromatic carbocycles. The second-order valence-electron chi connectivity index (χ2n) is 8.09. The minimum atomic E-state index is -0.877. The molecule has 0 unspecified atom stereocenters. The molecule has 5 nitrogen and oxygen atoms in total. The SMILES string of the molecule is O=C(O)[C@@H](CCc1ccccc1)CC(=NO)c1ccc2c3c(oc2c1)CCCCC3. The van der Waals surface area contributed by atoms with Gasteiger partial charge in [-0.05, 0) is 43.7 Å². The molecule has 0 amide bonds. The van der Waals surface area contributed by atoms with E-state index in [4.69, 9.17) is 4.42 Å². The van der Waals surface area contributed by atoms with E-state index in [0.717, 1.165) is 41.6 Å². The Morgan fingerprint density at radius 3 is 2.63 bits per heavy atom. The lowest BCUT2D eigenvalue weighted by Crippen LogP contribution is -2.19. The van der Waals surface area contributed by atoms with Gasteiger partial charge in [0, 0.05) is 29.4 Å². The largest absolute Gasteiger partial charge is 0.481 e. The summed E-state index contributed by atoms with van der Waals surface area (Å²) in [5.41, 5.74) is 4.27. The number of furan rings is 1. The molecule has 1 aliphatic rings. The lowest BCUT2D eigenvalue weighted by molar-refractivity contribution is -0.141. The fourth-order valence-electron chi connectivity index (χ4n) is 4.37. The lowest BCUT2D eigenvalue weighted by Gasteiger charge is -2.13. The second-order valence-corrected chi connectivity index (χ2v) is 8.09. The first-order valence-electron chi connectivity index (χ1n) is 10.7. The van der Waals surface area contributed by atoms with Gasteiger partial charge in [0.05, 0.1) is 11.6 Å². The Balaban J connectivity index is 1.53. The van der Waals surface area contributed by atoms with Crippen molar-refractivity contribution in [2.75, 3.05) is 0 Å². The summed E-state index contributed by atoms with van der Waals surface area (Å²) < 4.78 is 6.11. The number of oxime groups is 1. The Hall–Kier alpha value is -3.08. The molecule has 3 aromatic rings. The molecule has 0 bridgehead atoms. The average Bonchev–Trinajstić information content (AvgIpc) is 2.94. The number of carboxylic acids is 1. The third-order valence-electron chi connectivity index (χ3n) is 6.07. The molecule has 0 fully saturated rings. The van der Waals surface area contributed by atoms with Crippen molar-refractivity contribution in [1.29, 1.82) is 0 Å². The van der Waals surface area contributed by atoms with E-state index in [0.29, 0.717) is 24.1 Å². The lowest BCUT2D eigenvalue weighted by atomic mass is 9.91. The zero-order valence-corrected chi connectivity index (χ0v) is 17.0. The van der Waals surface area contributed by atoms with Gasteiger partial charge >= 0.3 is 5.97 Å². The van der Waals surface area contributed by atoms with E-state index in [1.807, 2.05) is 48.5 Å². The molecule has 5 heteroatoms. The van der Waals surface area contributed by atoms with E-state index in [-0.39, 0.29) is 6.42 Å². The number of nitrogens with zero attached hydrogens (tertiary/aromatic N) is 1. The van der Waals surface area contributed by atoms with Crippen LogP contribution in [0.25, 0.3) is 11.0 Å². The number of hydrogen-bond acceptors (Lipinski definition) is 4. The van der Waals surface area contributed by atoms with Gasteiger partial charge in [-0.25, -0.2) is 0 Å². The smallest absolute Gasteiger partial charge is 0.306 e. The van der Waals surface area contributed by atoms with Gasteiger partial charge in [0.2, 0.25) is 0 Å². The molecule has 30 heavy (non-hydrogen) atoms. The van der Waals surface area contributed by atoms with Gasteiger partial charge < -0.3 is 14.7 Å². The highest BCUT2D eigenvalue weighted by Crippen LogP contribution is 2.32. The second kappa shape index (κ2) is 9.16. The zero-order valence-electron chi connectivity index (χ0n) is 17.0. The molecule has 156 valence electrons.